The summed E-state index contributed by atoms with van der Waals surface area (Å²) in [6, 6.07) is 5.45. The van der Waals surface area contributed by atoms with Gasteiger partial charge >= 0.3 is 0 Å². The third-order valence-electron chi connectivity index (χ3n) is 2.88. The van der Waals surface area contributed by atoms with Crippen LogP contribution in [-0.2, 0) is 9.47 Å². The number of hydrogen-bond acceptors (Lipinski definition) is 4. The number of rotatable bonds is 9. The van der Waals surface area contributed by atoms with Gasteiger partial charge in [-0.1, -0.05) is 6.07 Å². The van der Waals surface area contributed by atoms with Gasteiger partial charge in [0, 0.05) is 25.9 Å². The van der Waals surface area contributed by atoms with E-state index in [2.05, 4.69) is 5.32 Å². The lowest BCUT2D eigenvalue weighted by molar-refractivity contribution is 0.0686. The van der Waals surface area contributed by atoms with Crippen molar-refractivity contribution in [2.75, 3.05) is 39.2 Å². The van der Waals surface area contributed by atoms with Crippen molar-refractivity contribution in [2.24, 2.45) is 0 Å². The number of nitrogen functional groups attached to an aromatic ring is 1. The lowest BCUT2D eigenvalue weighted by Crippen LogP contribution is -2.25. The van der Waals surface area contributed by atoms with Crippen molar-refractivity contribution in [3.8, 4) is 0 Å². The zero-order valence-electron chi connectivity index (χ0n) is 12.3. The average molecular weight is 280 g/mol. The lowest BCUT2D eigenvalue weighted by atomic mass is 10.1. The van der Waals surface area contributed by atoms with Gasteiger partial charge < -0.3 is 20.5 Å². The fourth-order valence-corrected chi connectivity index (χ4v) is 1.76. The molecule has 1 aromatic rings. The second-order valence-corrected chi connectivity index (χ2v) is 4.66. The zero-order chi connectivity index (χ0) is 14.8. The monoisotopic (exact) mass is 280 g/mol. The maximum Gasteiger partial charge on any atom is 0.253 e. The quantitative estimate of drug-likeness (QED) is 0.534. The van der Waals surface area contributed by atoms with Crippen molar-refractivity contribution in [3.05, 3.63) is 29.3 Å². The van der Waals surface area contributed by atoms with Crippen LogP contribution in [0.3, 0.4) is 0 Å². The third-order valence-corrected chi connectivity index (χ3v) is 2.88. The van der Waals surface area contributed by atoms with Gasteiger partial charge in [0.25, 0.3) is 5.91 Å². The molecule has 1 aromatic carbocycles. The predicted octanol–water partition coefficient (Wildman–Crippen LogP) is 1.75. The first-order valence-corrected chi connectivity index (χ1v) is 6.86. The van der Waals surface area contributed by atoms with Gasteiger partial charge in [-0.25, -0.2) is 0 Å². The minimum absolute atomic E-state index is 0.122. The van der Waals surface area contributed by atoms with E-state index in [1.807, 2.05) is 13.0 Å². The van der Waals surface area contributed by atoms with E-state index in [0.717, 1.165) is 18.4 Å². The Morgan fingerprint density at radius 2 is 2.05 bits per heavy atom. The summed E-state index contributed by atoms with van der Waals surface area (Å²) in [6.07, 6.45) is 1.79. The Hall–Kier alpha value is -1.59. The summed E-state index contributed by atoms with van der Waals surface area (Å²) < 4.78 is 10.2. The number of amides is 1. The third kappa shape index (κ3) is 6.04. The number of benzene rings is 1. The SMILES string of the molecule is COCCOCCCCNC(=O)c1ccc(C)cc1N. The van der Waals surface area contributed by atoms with Crippen LogP contribution < -0.4 is 11.1 Å². The molecule has 20 heavy (non-hydrogen) atoms. The smallest absolute Gasteiger partial charge is 0.253 e. The molecule has 5 nitrogen and oxygen atoms in total. The van der Waals surface area contributed by atoms with Gasteiger partial charge in [-0.15, -0.1) is 0 Å². The van der Waals surface area contributed by atoms with Crippen molar-refractivity contribution in [1.82, 2.24) is 5.32 Å². The van der Waals surface area contributed by atoms with E-state index in [-0.39, 0.29) is 5.91 Å². The molecule has 0 saturated carbocycles. The van der Waals surface area contributed by atoms with Crippen molar-refractivity contribution in [3.63, 3.8) is 0 Å². The summed E-state index contributed by atoms with van der Waals surface area (Å²) in [5, 5.41) is 2.86. The molecule has 0 unspecified atom stereocenters. The van der Waals surface area contributed by atoms with Crippen LogP contribution in [0, 0.1) is 6.92 Å². The van der Waals surface area contributed by atoms with Crippen molar-refractivity contribution in [2.45, 2.75) is 19.8 Å². The Bertz CT molecular complexity index is 422. The molecule has 0 aliphatic heterocycles. The molecule has 3 N–H and O–H groups in total. The first kappa shape index (κ1) is 16.5. The van der Waals surface area contributed by atoms with Crippen LogP contribution in [0.25, 0.3) is 0 Å². The van der Waals surface area contributed by atoms with Gasteiger partial charge in [-0.3, -0.25) is 4.79 Å². The Balaban J connectivity index is 2.17. The van der Waals surface area contributed by atoms with E-state index in [0.29, 0.717) is 37.6 Å². The second-order valence-electron chi connectivity index (χ2n) is 4.66. The number of hydrogen-bond donors (Lipinski definition) is 2. The summed E-state index contributed by atoms with van der Waals surface area (Å²) >= 11 is 0. The van der Waals surface area contributed by atoms with E-state index >= 15 is 0 Å². The van der Waals surface area contributed by atoms with Gasteiger partial charge in [-0.05, 0) is 37.5 Å². The van der Waals surface area contributed by atoms with Crippen molar-refractivity contribution >= 4 is 11.6 Å². The van der Waals surface area contributed by atoms with Crippen LogP contribution in [0.1, 0.15) is 28.8 Å². The number of nitrogens with one attached hydrogen (secondary N) is 1. The van der Waals surface area contributed by atoms with Crippen LogP contribution in [0.4, 0.5) is 5.69 Å². The first-order valence-electron chi connectivity index (χ1n) is 6.86. The maximum atomic E-state index is 11.9. The number of carbonyl (C=O) groups is 1. The molecule has 0 saturated heterocycles. The van der Waals surface area contributed by atoms with Gasteiger partial charge in [-0.2, -0.15) is 0 Å². The molecule has 0 bridgehead atoms. The standard InChI is InChI=1S/C15H24N2O3/c1-12-5-6-13(14(16)11-12)15(18)17-7-3-4-8-20-10-9-19-2/h5-6,11H,3-4,7-10,16H2,1-2H3,(H,17,18). The summed E-state index contributed by atoms with van der Waals surface area (Å²) in [6.45, 7) is 4.49. The van der Waals surface area contributed by atoms with Crippen molar-refractivity contribution in [1.29, 1.82) is 0 Å². The van der Waals surface area contributed by atoms with Crippen LogP contribution in [0.2, 0.25) is 0 Å². The number of carbonyl (C=O) groups excluding carboxylic acids is 1. The van der Waals surface area contributed by atoms with Crippen molar-refractivity contribution < 1.29 is 14.3 Å². The second kappa shape index (κ2) is 9.34. The molecule has 0 spiro atoms. The molecular weight excluding hydrogens is 256 g/mol. The highest BCUT2D eigenvalue weighted by Gasteiger charge is 2.08. The number of aryl methyl sites for hydroxylation is 1. The van der Waals surface area contributed by atoms with Crippen LogP contribution in [0.5, 0.6) is 0 Å². The summed E-state index contributed by atoms with van der Waals surface area (Å²) in [5.41, 5.74) is 7.93. The molecule has 5 heteroatoms. The van der Waals surface area contributed by atoms with E-state index in [1.54, 1.807) is 19.2 Å². The molecule has 0 heterocycles. The van der Waals surface area contributed by atoms with Crippen LogP contribution >= 0.6 is 0 Å². The van der Waals surface area contributed by atoms with E-state index in [1.165, 1.54) is 0 Å². The molecule has 112 valence electrons. The highest BCUT2D eigenvalue weighted by Crippen LogP contribution is 2.13. The first-order chi connectivity index (χ1) is 9.65. The highest BCUT2D eigenvalue weighted by molar-refractivity contribution is 5.99. The molecule has 0 aliphatic carbocycles. The van der Waals surface area contributed by atoms with E-state index in [4.69, 9.17) is 15.2 Å². The Kier molecular flexibility index (Phi) is 7.69. The van der Waals surface area contributed by atoms with Crippen LogP contribution in [0.15, 0.2) is 18.2 Å². The summed E-state index contributed by atoms with van der Waals surface area (Å²) in [7, 11) is 1.65. The van der Waals surface area contributed by atoms with Gasteiger partial charge in [0.15, 0.2) is 0 Å². The highest BCUT2D eigenvalue weighted by atomic mass is 16.5. The molecule has 1 amide bonds. The molecule has 1 rings (SSSR count). The normalized spacial score (nSPS) is 10.5. The molecule has 0 radical (unpaired) electrons. The maximum absolute atomic E-state index is 11.9. The average Bonchev–Trinajstić information content (AvgIpc) is 2.41. The Labute approximate surface area is 120 Å². The van der Waals surface area contributed by atoms with E-state index < -0.39 is 0 Å². The minimum atomic E-state index is -0.122. The van der Waals surface area contributed by atoms with Gasteiger partial charge in [0.1, 0.15) is 0 Å². The molecular formula is C15H24N2O3. The number of ether oxygens (including phenoxy) is 2. The Morgan fingerprint density at radius 3 is 2.75 bits per heavy atom. The predicted molar refractivity (Wildman–Crippen MR) is 79.9 cm³/mol. The Morgan fingerprint density at radius 1 is 1.25 bits per heavy atom. The zero-order valence-corrected chi connectivity index (χ0v) is 12.3. The number of nitrogens with two attached hydrogens (primary N) is 1. The fourth-order valence-electron chi connectivity index (χ4n) is 1.76. The molecule has 0 aliphatic rings. The van der Waals surface area contributed by atoms with E-state index in [9.17, 15) is 4.79 Å². The largest absolute Gasteiger partial charge is 0.398 e. The topological polar surface area (TPSA) is 73.6 Å². The molecule has 0 aromatic heterocycles. The number of anilines is 1. The fraction of sp³-hybridized carbons (Fsp3) is 0.533. The summed E-state index contributed by atoms with van der Waals surface area (Å²) in [5.74, 6) is -0.122. The molecule has 0 fully saturated rings. The minimum Gasteiger partial charge on any atom is -0.398 e. The van der Waals surface area contributed by atoms with Crippen LogP contribution in [-0.4, -0.2) is 39.4 Å². The lowest BCUT2D eigenvalue weighted by Gasteiger charge is -2.08. The number of unbranched alkanes of at least 4 members (excludes halogenated alkanes) is 1. The number of methoxy groups -OCH3 is 1. The van der Waals surface area contributed by atoms with Gasteiger partial charge in [0.05, 0.1) is 18.8 Å². The summed E-state index contributed by atoms with van der Waals surface area (Å²) in [4.78, 5) is 11.9. The molecule has 0 atom stereocenters. The van der Waals surface area contributed by atoms with Gasteiger partial charge in [0.2, 0.25) is 0 Å².